The number of non-ortho nitro benzene ring substituents is 1. The predicted molar refractivity (Wildman–Crippen MR) is 99.6 cm³/mol. The lowest BCUT2D eigenvalue weighted by molar-refractivity contribution is -0.384. The molecule has 26 heavy (non-hydrogen) atoms. The minimum absolute atomic E-state index is 0.0281. The topological polar surface area (TPSA) is 93.8 Å². The average molecular weight is 376 g/mol. The van der Waals surface area contributed by atoms with E-state index in [1.807, 2.05) is 6.92 Å². The normalized spacial score (nSPS) is 11.1. The van der Waals surface area contributed by atoms with Crippen molar-refractivity contribution < 1.29 is 14.5 Å². The predicted octanol–water partition coefficient (Wildman–Crippen LogP) is 3.95. The third-order valence-corrected chi connectivity index (χ3v) is 3.70. The largest absolute Gasteiger partial charge is 0.482 e. The molecule has 1 N–H and O–H groups in total. The first-order valence-electron chi connectivity index (χ1n) is 7.98. The Hall–Kier alpha value is -2.93. The number of rotatable bonds is 8. The van der Waals surface area contributed by atoms with Gasteiger partial charge in [0, 0.05) is 17.7 Å². The van der Waals surface area contributed by atoms with E-state index in [1.54, 1.807) is 36.4 Å². The fourth-order valence-corrected chi connectivity index (χ4v) is 2.36. The maximum Gasteiger partial charge on any atom is 0.277 e. The Kier molecular flexibility index (Phi) is 7.11. The summed E-state index contributed by atoms with van der Waals surface area (Å²) in [6.45, 7) is 1.71. The van der Waals surface area contributed by atoms with Crippen LogP contribution < -0.4 is 10.2 Å². The summed E-state index contributed by atoms with van der Waals surface area (Å²) in [6, 6.07) is 13.0. The molecule has 0 aromatic heterocycles. The fraction of sp³-hybridized carbons (Fsp3) is 0.222. The summed E-state index contributed by atoms with van der Waals surface area (Å²) < 4.78 is 5.34. The molecule has 0 saturated carbocycles. The van der Waals surface area contributed by atoms with Crippen molar-refractivity contribution in [2.45, 2.75) is 19.8 Å². The number of hydrogen-bond acceptors (Lipinski definition) is 5. The number of carbonyl (C=O) groups is 1. The van der Waals surface area contributed by atoms with Gasteiger partial charge >= 0.3 is 0 Å². The van der Waals surface area contributed by atoms with Crippen LogP contribution in [0.1, 0.15) is 25.3 Å². The highest BCUT2D eigenvalue weighted by molar-refractivity contribution is 6.32. The molecular weight excluding hydrogens is 358 g/mol. The second kappa shape index (κ2) is 9.53. The molecule has 2 aromatic rings. The van der Waals surface area contributed by atoms with Gasteiger partial charge in [-0.1, -0.05) is 49.2 Å². The third-order valence-electron chi connectivity index (χ3n) is 3.39. The van der Waals surface area contributed by atoms with Crippen LogP contribution in [0.15, 0.2) is 53.6 Å². The summed E-state index contributed by atoms with van der Waals surface area (Å²) >= 11 is 5.96. The molecule has 7 nitrogen and oxygen atoms in total. The van der Waals surface area contributed by atoms with Crippen LogP contribution >= 0.6 is 11.6 Å². The lowest BCUT2D eigenvalue weighted by Gasteiger charge is -2.08. The highest BCUT2D eigenvalue weighted by Gasteiger charge is 2.11. The number of nitrogens with zero attached hydrogens (tertiary/aromatic N) is 2. The fourth-order valence-electron chi connectivity index (χ4n) is 2.17. The summed E-state index contributed by atoms with van der Waals surface area (Å²) in [4.78, 5) is 22.4. The van der Waals surface area contributed by atoms with E-state index in [4.69, 9.17) is 16.3 Å². The van der Waals surface area contributed by atoms with Crippen LogP contribution in [0.4, 0.5) is 5.69 Å². The average Bonchev–Trinajstić information content (AvgIpc) is 2.64. The van der Waals surface area contributed by atoms with Crippen LogP contribution in [0.25, 0.3) is 0 Å². The van der Waals surface area contributed by atoms with Crippen LogP contribution in [0.2, 0.25) is 5.02 Å². The monoisotopic (exact) mass is 375 g/mol. The third kappa shape index (κ3) is 5.56. The molecule has 8 heteroatoms. The van der Waals surface area contributed by atoms with Crippen molar-refractivity contribution in [2.75, 3.05) is 6.61 Å². The molecule has 0 fully saturated rings. The number of carbonyl (C=O) groups excluding carboxylic acids is 1. The van der Waals surface area contributed by atoms with Gasteiger partial charge in [0.2, 0.25) is 0 Å². The summed E-state index contributed by atoms with van der Waals surface area (Å²) in [5, 5.41) is 15.4. The van der Waals surface area contributed by atoms with Crippen LogP contribution in [0, 0.1) is 10.1 Å². The number of nitro groups is 1. The number of nitrogens with one attached hydrogen (secondary N) is 1. The maximum atomic E-state index is 11.9. The van der Waals surface area contributed by atoms with E-state index in [2.05, 4.69) is 10.5 Å². The van der Waals surface area contributed by atoms with Crippen molar-refractivity contribution in [2.24, 2.45) is 5.10 Å². The van der Waals surface area contributed by atoms with Crippen molar-refractivity contribution in [3.05, 3.63) is 69.2 Å². The Balaban J connectivity index is 2.04. The molecule has 0 aliphatic heterocycles. The van der Waals surface area contributed by atoms with E-state index in [9.17, 15) is 14.9 Å². The summed E-state index contributed by atoms with van der Waals surface area (Å²) in [5.74, 6) is -0.0512. The van der Waals surface area contributed by atoms with Gasteiger partial charge in [0.05, 0.1) is 15.7 Å². The van der Waals surface area contributed by atoms with Gasteiger partial charge in [-0.2, -0.15) is 5.10 Å². The first-order chi connectivity index (χ1) is 12.5. The zero-order valence-corrected chi connectivity index (χ0v) is 14.9. The highest BCUT2D eigenvalue weighted by atomic mass is 35.5. The van der Waals surface area contributed by atoms with Crippen LogP contribution in [-0.2, 0) is 4.79 Å². The molecule has 1 amide bonds. The number of nitro benzene ring substituents is 1. The molecule has 0 unspecified atom stereocenters. The molecule has 0 heterocycles. The molecule has 2 rings (SSSR count). The van der Waals surface area contributed by atoms with Crippen LogP contribution in [0.3, 0.4) is 0 Å². The van der Waals surface area contributed by atoms with E-state index in [0.29, 0.717) is 28.5 Å². The highest BCUT2D eigenvalue weighted by Crippen LogP contribution is 2.22. The standard InChI is InChI=1S/C18H18ClN3O4/c1-2-6-16(13-7-5-8-14(11-13)22(24)25)20-21-18(23)12-26-17-10-4-3-9-15(17)19/h3-5,7-11H,2,6,12H2,1H3,(H,21,23)/b20-16-. The minimum Gasteiger partial charge on any atom is -0.482 e. The summed E-state index contributed by atoms with van der Waals surface area (Å²) in [7, 11) is 0. The lowest BCUT2D eigenvalue weighted by atomic mass is 10.1. The number of para-hydroxylation sites is 1. The van der Waals surface area contributed by atoms with Crippen molar-refractivity contribution in [3.63, 3.8) is 0 Å². The summed E-state index contributed by atoms with van der Waals surface area (Å²) in [5.41, 5.74) is 3.54. The first kappa shape index (κ1) is 19.4. The number of halogens is 1. The van der Waals surface area contributed by atoms with Gasteiger partial charge in [0.15, 0.2) is 6.61 Å². The maximum absolute atomic E-state index is 11.9. The number of hydrogen-bond donors (Lipinski definition) is 1. The number of hydrazone groups is 1. The molecule has 2 aromatic carbocycles. The Morgan fingerprint density at radius 1 is 1.27 bits per heavy atom. The summed E-state index contributed by atoms with van der Waals surface area (Å²) in [6.07, 6.45) is 1.33. The SMILES string of the molecule is CCC/C(=N/NC(=O)COc1ccccc1Cl)c1cccc([N+](=O)[O-])c1. The Morgan fingerprint density at radius 2 is 2.04 bits per heavy atom. The van der Waals surface area contributed by atoms with E-state index in [1.165, 1.54) is 12.1 Å². The first-order valence-corrected chi connectivity index (χ1v) is 8.36. The van der Waals surface area contributed by atoms with Gasteiger partial charge in [-0.25, -0.2) is 5.43 Å². The van der Waals surface area contributed by atoms with Crippen molar-refractivity contribution in [1.82, 2.24) is 5.43 Å². The molecule has 0 radical (unpaired) electrons. The van der Waals surface area contributed by atoms with Crippen molar-refractivity contribution in [1.29, 1.82) is 0 Å². The number of ether oxygens (including phenoxy) is 1. The van der Waals surface area contributed by atoms with E-state index >= 15 is 0 Å². The smallest absolute Gasteiger partial charge is 0.277 e. The molecule has 0 spiro atoms. The molecule has 0 aliphatic rings. The van der Waals surface area contributed by atoms with Gasteiger partial charge < -0.3 is 4.74 Å². The Bertz CT molecular complexity index is 824. The Labute approximate surface area is 155 Å². The second-order valence-corrected chi connectivity index (χ2v) is 5.78. The molecule has 0 aliphatic carbocycles. The van der Waals surface area contributed by atoms with E-state index < -0.39 is 10.8 Å². The second-order valence-electron chi connectivity index (χ2n) is 5.37. The van der Waals surface area contributed by atoms with Crippen molar-refractivity contribution in [3.8, 4) is 5.75 Å². The molecule has 0 saturated heterocycles. The van der Waals surface area contributed by atoms with Crippen LogP contribution in [0.5, 0.6) is 5.75 Å². The van der Waals surface area contributed by atoms with Crippen molar-refractivity contribution >= 4 is 28.9 Å². The van der Waals surface area contributed by atoms with Gasteiger partial charge in [0.25, 0.3) is 11.6 Å². The zero-order valence-electron chi connectivity index (χ0n) is 14.1. The molecule has 0 atom stereocenters. The van der Waals surface area contributed by atoms with E-state index in [0.717, 1.165) is 6.42 Å². The molecular formula is C18H18ClN3O4. The minimum atomic E-state index is -0.469. The molecule has 0 bridgehead atoms. The van der Waals surface area contributed by atoms with E-state index in [-0.39, 0.29) is 12.3 Å². The lowest BCUT2D eigenvalue weighted by Crippen LogP contribution is -2.26. The number of benzene rings is 2. The number of amides is 1. The molecule has 136 valence electrons. The van der Waals surface area contributed by atoms with Gasteiger partial charge in [-0.3, -0.25) is 14.9 Å². The van der Waals surface area contributed by atoms with Gasteiger partial charge in [-0.05, 0) is 18.6 Å². The van der Waals surface area contributed by atoms with Crippen LogP contribution in [-0.4, -0.2) is 23.1 Å². The van der Waals surface area contributed by atoms with Gasteiger partial charge in [-0.15, -0.1) is 0 Å². The van der Waals surface area contributed by atoms with Gasteiger partial charge in [0.1, 0.15) is 5.75 Å². The Morgan fingerprint density at radius 3 is 2.73 bits per heavy atom. The zero-order chi connectivity index (χ0) is 18.9. The quantitative estimate of drug-likeness (QED) is 0.429.